The van der Waals surface area contributed by atoms with Gasteiger partial charge < -0.3 is 4.74 Å². The van der Waals surface area contributed by atoms with Crippen LogP contribution in [0, 0.1) is 18.7 Å². The quantitative estimate of drug-likeness (QED) is 0.754. The van der Waals surface area contributed by atoms with E-state index < -0.39 is 5.82 Å². The molecule has 0 N–H and O–H groups in total. The van der Waals surface area contributed by atoms with E-state index in [-0.39, 0.29) is 18.3 Å². The third-order valence-corrected chi connectivity index (χ3v) is 3.28. The number of carbonyl (C=O) groups is 1. The number of carbonyl (C=O) groups excluding carboxylic acids is 1. The molecule has 21 heavy (non-hydrogen) atoms. The fourth-order valence-electron chi connectivity index (χ4n) is 1.95. The molecule has 0 aliphatic carbocycles. The van der Waals surface area contributed by atoms with Crippen molar-refractivity contribution < 1.29 is 13.9 Å². The predicted molar refractivity (Wildman–Crippen MR) is 81.1 cm³/mol. The van der Waals surface area contributed by atoms with Gasteiger partial charge in [-0.15, -0.1) is 0 Å². The number of aryl methyl sites for hydroxylation is 1. The average Bonchev–Trinajstić information content (AvgIpc) is 2.46. The van der Waals surface area contributed by atoms with Gasteiger partial charge in [0.15, 0.2) is 5.78 Å². The zero-order valence-electron chi connectivity index (χ0n) is 12.5. The molecule has 2 aromatic rings. The number of halogens is 1. The van der Waals surface area contributed by atoms with Crippen molar-refractivity contribution in [2.45, 2.75) is 27.4 Å². The van der Waals surface area contributed by atoms with E-state index in [2.05, 4.69) is 0 Å². The SMILES string of the molecule is Cc1ccc(OCc2ccc(C(=O)C(C)C)cc2F)cc1. The molecule has 0 unspecified atom stereocenters. The minimum Gasteiger partial charge on any atom is -0.489 e. The summed E-state index contributed by atoms with van der Waals surface area (Å²) in [4.78, 5) is 11.8. The second kappa shape index (κ2) is 6.53. The van der Waals surface area contributed by atoms with Crippen molar-refractivity contribution in [2.75, 3.05) is 0 Å². The Morgan fingerprint density at radius 1 is 1.14 bits per heavy atom. The van der Waals surface area contributed by atoms with Gasteiger partial charge in [-0.05, 0) is 25.1 Å². The van der Waals surface area contributed by atoms with Gasteiger partial charge in [-0.1, -0.05) is 43.7 Å². The summed E-state index contributed by atoms with van der Waals surface area (Å²) in [5.74, 6) is 0.0925. The lowest BCUT2D eigenvalue weighted by Crippen LogP contribution is -2.08. The maximum atomic E-state index is 14.0. The molecule has 0 heterocycles. The van der Waals surface area contributed by atoms with Gasteiger partial charge in [0, 0.05) is 17.0 Å². The normalized spacial score (nSPS) is 10.7. The summed E-state index contributed by atoms with van der Waals surface area (Å²) < 4.78 is 19.6. The van der Waals surface area contributed by atoms with Crippen LogP contribution in [0.5, 0.6) is 5.75 Å². The molecule has 0 aliphatic heterocycles. The predicted octanol–water partition coefficient (Wildman–Crippen LogP) is 4.55. The Hall–Kier alpha value is -2.16. The van der Waals surface area contributed by atoms with Gasteiger partial charge in [0.1, 0.15) is 18.2 Å². The van der Waals surface area contributed by atoms with Crippen LogP contribution in [-0.2, 0) is 6.61 Å². The topological polar surface area (TPSA) is 26.3 Å². The number of ether oxygens (including phenoxy) is 1. The van der Waals surface area contributed by atoms with Gasteiger partial charge in [0.05, 0.1) is 0 Å². The van der Waals surface area contributed by atoms with Crippen molar-refractivity contribution >= 4 is 5.78 Å². The summed E-state index contributed by atoms with van der Waals surface area (Å²) in [6.45, 7) is 5.74. The van der Waals surface area contributed by atoms with Gasteiger partial charge in [-0.2, -0.15) is 0 Å². The van der Waals surface area contributed by atoms with E-state index >= 15 is 0 Å². The number of Topliss-reactive ketones (excluding diaryl/α,β-unsaturated/α-hetero) is 1. The molecule has 0 fully saturated rings. The van der Waals surface area contributed by atoms with Crippen molar-refractivity contribution in [3.8, 4) is 5.75 Å². The van der Waals surface area contributed by atoms with Crippen LogP contribution in [0.1, 0.15) is 35.3 Å². The van der Waals surface area contributed by atoms with Gasteiger partial charge >= 0.3 is 0 Å². The molecule has 0 radical (unpaired) electrons. The highest BCUT2D eigenvalue weighted by molar-refractivity contribution is 5.97. The summed E-state index contributed by atoms with van der Waals surface area (Å²) in [5.41, 5.74) is 1.99. The van der Waals surface area contributed by atoms with Crippen LogP contribution < -0.4 is 4.74 Å². The highest BCUT2D eigenvalue weighted by Crippen LogP contribution is 2.17. The van der Waals surface area contributed by atoms with Gasteiger partial charge in [0.25, 0.3) is 0 Å². The third kappa shape index (κ3) is 3.91. The molecule has 0 aliphatic rings. The van der Waals surface area contributed by atoms with Crippen LogP contribution in [-0.4, -0.2) is 5.78 Å². The molecule has 0 saturated heterocycles. The first-order valence-corrected chi connectivity index (χ1v) is 6.99. The Morgan fingerprint density at radius 3 is 2.38 bits per heavy atom. The average molecular weight is 286 g/mol. The minimum absolute atomic E-state index is 0.0556. The Morgan fingerprint density at radius 2 is 1.81 bits per heavy atom. The van der Waals surface area contributed by atoms with Crippen LogP contribution in [0.25, 0.3) is 0 Å². The molecule has 0 amide bonds. The lowest BCUT2D eigenvalue weighted by molar-refractivity contribution is 0.0939. The summed E-state index contributed by atoms with van der Waals surface area (Å²) in [6, 6.07) is 12.1. The third-order valence-electron chi connectivity index (χ3n) is 3.28. The molecule has 0 spiro atoms. The molecule has 3 heteroatoms. The van der Waals surface area contributed by atoms with Crippen LogP contribution in [0.3, 0.4) is 0 Å². The Balaban J connectivity index is 2.07. The van der Waals surface area contributed by atoms with Crippen molar-refractivity contribution in [3.05, 3.63) is 65.0 Å². The van der Waals surface area contributed by atoms with Crippen LogP contribution in [0.2, 0.25) is 0 Å². The smallest absolute Gasteiger partial charge is 0.165 e. The highest BCUT2D eigenvalue weighted by atomic mass is 19.1. The molecule has 2 rings (SSSR count). The molecule has 0 aromatic heterocycles. The number of ketones is 1. The maximum absolute atomic E-state index is 14.0. The van der Waals surface area contributed by atoms with Crippen LogP contribution in [0.4, 0.5) is 4.39 Å². The van der Waals surface area contributed by atoms with E-state index in [1.165, 1.54) is 6.07 Å². The number of hydrogen-bond donors (Lipinski definition) is 0. The van der Waals surface area contributed by atoms with Crippen molar-refractivity contribution in [1.29, 1.82) is 0 Å². The molecular formula is C18H19FO2. The molecule has 2 nitrogen and oxygen atoms in total. The molecule has 0 saturated carbocycles. The monoisotopic (exact) mass is 286 g/mol. The first-order chi connectivity index (χ1) is 9.97. The molecule has 2 aromatic carbocycles. The number of benzene rings is 2. The maximum Gasteiger partial charge on any atom is 0.165 e. The molecular weight excluding hydrogens is 267 g/mol. The highest BCUT2D eigenvalue weighted by Gasteiger charge is 2.13. The largest absolute Gasteiger partial charge is 0.489 e. The Kier molecular flexibility index (Phi) is 4.73. The second-order valence-electron chi connectivity index (χ2n) is 5.43. The first-order valence-electron chi connectivity index (χ1n) is 6.99. The number of rotatable bonds is 5. The number of hydrogen-bond acceptors (Lipinski definition) is 2. The van der Waals surface area contributed by atoms with E-state index in [0.29, 0.717) is 16.9 Å². The van der Waals surface area contributed by atoms with E-state index in [1.807, 2.05) is 31.2 Å². The minimum atomic E-state index is -0.409. The summed E-state index contributed by atoms with van der Waals surface area (Å²) in [7, 11) is 0. The van der Waals surface area contributed by atoms with E-state index in [0.717, 1.165) is 5.56 Å². The van der Waals surface area contributed by atoms with Crippen molar-refractivity contribution in [2.24, 2.45) is 5.92 Å². The van der Waals surface area contributed by atoms with E-state index in [4.69, 9.17) is 4.74 Å². The summed E-state index contributed by atoms with van der Waals surface area (Å²) in [6.07, 6.45) is 0. The Bertz CT molecular complexity index is 630. The van der Waals surface area contributed by atoms with Crippen molar-refractivity contribution in [3.63, 3.8) is 0 Å². The lowest BCUT2D eigenvalue weighted by atomic mass is 10.00. The lowest BCUT2D eigenvalue weighted by Gasteiger charge is -2.09. The molecule has 0 bridgehead atoms. The van der Waals surface area contributed by atoms with E-state index in [9.17, 15) is 9.18 Å². The summed E-state index contributed by atoms with van der Waals surface area (Å²) in [5, 5.41) is 0. The summed E-state index contributed by atoms with van der Waals surface area (Å²) >= 11 is 0. The fourth-order valence-corrected chi connectivity index (χ4v) is 1.95. The second-order valence-corrected chi connectivity index (χ2v) is 5.43. The van der Waals surface area contributed by atoms with Crippen molar-refractivity contribution in [1.82, 2.24) is 0 Å². The standard InChI is InChI=1S/C18H19FO2/c1-12(2)18(20)14-6-7-15(17(19)10-14)11-21-16-8-4-13(3)5-9-16/h4-10,12H,11H2,1-3H3. The van der Waals surface area contributed by atoms with Crippen LogP contribution >= 0.6 is 0 Å². The van der Waals surface area contributed by atoms with Gasteiger partial charge in [-0.25, -0.2) is 4.39 Å². The van der Waals surface area contributed by atoms with Gasteiger partial charge in [-0.3, -0.25) is 4.79 Å². The first kappa shape index (κ1) is 15.2. The Labute approximate surface area is 124 Å². The zero-order chi connectivity index (χ0) is 15.4. The molecule has 110 valence electrons. The van der Waals surface area contributed by atoms with Crippen LogP contribution in [0.15, 0.2) is 42.5 Å². The van der Waals surface area contributed by atoms with E-state index in [1.54, 1.807) is 26.0 Å². The van der Waals surface area contributed by atoms with Gasteiger partial charge in [0.2, 0.25) is 0 Å². The molecule has 0 atom stereocenters. The fraction of sp³-hybridized carbons (Fsp3) is 0.278. The zero-order valence-corrected chi connectivity index (χ0v) is 12.5.